The van der Waals surface area contributed by atoms with Gasteiger partial charge in [-0.3, -0.25) is 4.79 Å². The fraction of sp³-hybridized carbons (Fsp3) is 0. The average molecular weight is 215 g/mol. The minimum absolute atomic E-state index is 0.0817. The molecule has 0 aliphatic rings. The first-order valence-corrected chi connectivity index (χ1v) is 4.82. The second kappa shape index (κ2) is 4.14. The molecular formula is C13H10FNO. The Kier molecular flexibility index (Phi) is 2.68. The van der Waals surface area contributed by atoms with Crippen LogP contribution in [0.15, 0.2) is 42.5 Å². The lowest BCUT2D eigenvalue weighted by molar-refractivity contribution is 0.112. The zero-order valence-electron chi connectivity index (χ0n) is 8.48. The predicted molar refractivity (Wildman–Crippen MR) is 61.6 cm³/mol. The molecule has 0 fully saturated rings. The summed E-state index contributed by atoms with van der Waals surface area (Å²) < 4.78 is 13.8. The van der Waals surface area contributed by atoms with Crippen molar-refractivity contribution in [2.45, 2.75) is 0 Å². The van der Waals surface area contributed by atoms with Crippen LogP contribution in [0.1, 0.15) is 10.4 Å². The summed E-state index contributed by atoms with van der Waals surface area (Å²) in [6, 6.07) is 11.6. The zero-order valence-corrected chi connectivity index (χ0v) is 8.48. The van der Waals surface area contributed by atoms with E-state index in [1.54, 1.807) is 36.4 Å². The fourth-order valence-electron chi connectivity index (χ4n) is 1.60. The Morgan fingerprint density at radius 1 is 1.00 bits per heavy atom. The minimum atomic E-state index is -0.489. The average Bonchev–Trinajstić information content (AvgIpc) is 2.33. The van der Waals surface area contributed by atoms with E-state index >= 15 is 0 Å². The molecule has 0 unspecified atom stereocenters. The van der Waals surface area contributed by atoms with E-state index in [0.717, 1.165) is 0 Å². The monoisotopic (exact) mass is 215 g/mol. The Bertz CT molecular complexity index is 537. The van der Waals surface area contributed by atoms with Gasteiger partial charge in [0.15, 0.2) is 12.1 Å². The molecule has 0 heterocycles. The van der Waals surface area contributed by atoms with Crippen molar-refractivity contribution in [1.82, 2.24) is 0 Å². The third-order valence-electron chi connectivity index (χ3n) is 2.41. The summed E-state index contributed by atoms with van der Waals surface area (Å²) in [6.07, 6.45) is 0.706. The summed E-state index contributed by atoms with van der Waals surface area (Å²) in [6.45, 7) is 0. The zero-order chi connectivity index (χ0) is 11.5. The Morgan fingerprint density at radius 2 is 1.69 bits per heavy atom. The molecule has 0 aromatic heterocycles. The number of anilines is 1. The maximum absolute atomic E-state index is 13.8. The lowest BCUT2D eigenvalue weighted by Crippen LogP contribution is -1.95. The lowest BCUT2D eigenvalue weighted by Gasteiger charge is -2.07. The maximum Gasteiger partial charge on any atom is 0.153 e. The maximum atomic E-state index is 13.8. The number of halogens is 1. The number of benzene rings is 2. The third-order valence-corrected chi connectivity index (χ3v) is 2.41. The summed E-state index contributed by atoms with van der Waals surface area (Å²) in [5.41, 5.74) is 6.93. The van der Waals surface area contributed by atoms with Crippen molar-refractivity contribution in [3.05, 3.63) is 53.8 Å². The highest BCUT2D eigenvalue weighted by Crippen LogP contribution is 2.28. The van der Waals surface area contributed by atoms with E-state index in [4.69, 9.17) is 5.73 Å². The van der Waals surface area contributed by atoms with Crippen molar-refractivity contribution in [3.8, 4) is 11.1 Å². The van der Waals surface area contributed by atoms with Gasteiger partial charge in [0.25, 0.3) is 0 Å². The lowest BCUT2D eigenvalue weighted by atomic mass is 9.99. The van der Waals surface area contributed by atoms with Gasteiger partial charge in [0.1, 0.15) is 0 Å². The molecule has 80 valence electrons. The van der Waals surface area contributed by atoms with Gasteiger partial charge in [-0.2, -0.15) is 0 Å². The molecule has 0 aliphatic carbocycles. The normalized spacial score (nSPS) is 10.1. The van der Waals surface area contributed by atoms with Crippen LogP contribution in [0.25, 0.3) is 11.1 Å². The molecule has 2 aromatic rings. The highest BCUT2D eigenvalue weighted by Gasteiger charge is 2.10. The van der Waals surface area contributed by atoms with E-state index in [1.165, 1.54) is 6.07 Å². The van der Waals surface area contributed by atoms with Gasteiger partial charge in [0.05, 0.1) is 5.69 Å². The van der Waals surface area contributed by atoms with Crippen LogP contribution in [-0.4, -0.2) is 6.29 Å². The van der Waals surface area contributed by atoms with Crippen molar-refractivity contribution in [3.63, 3.8) is 0 Å². The van der Waals surface area contributed by atoms with Gasteiger partial charge in [-0.05, 0) is 11.6 Å². The van der Waals surface area contributed by atoms with Crippen molar-refractivity contribution in [2.75, 3.05) is 5.73 Å². The SMILES string of the molecule is Nc1cccc(-c2ccccc2C=O)c1F. The molecular weight excluding hydrogens is 205 g/mol. The number of aldehydes is 1. The first-order valence-electron chi connectivity index (χ1n) is 4.82. The number of rotatable bonds is 2. The van der Waals surface area contributed by atoms with E-state index in [1.807, 2.05) is 0 Å². The fourth-order valence-corrected chi connectivity index (χ4v) is 1.60. The number of carbonyl (C=O) groups excluding carboxylic acids is 1. The van der Waals surface area contributed by atoms with E-state index < -0.39 is 5.82 Å². The molecule has 2 rings (SSSR count). The number of hydrogen-bond donors (Lipinski definition) is 1. The standard InChI is InChI=1S/C13H10FNO/c14-13-11(6-3-7-12(13)15)10-5-2-1-4-9(10)8-16/h1-8H,15H2. The molecule has 0 atom stereocenters. The van der Waals surface area contributed by atoms with Gasteiger partial charge >= 0.3 is 0 Å². The van der Waals surface area contributed by atoms with Gasteiger partial charge < -0.3 is 5.73 Å². The van der Waals surface area contributed by atoms with Crippen molar-refractivity contribution >= 4 is 12.0 Å². The molecule has 0 radical (unpaired) electrons. The van der Waals surface area contributed by atoms with Crippen LogP contribution in [0.5, 0.6) is 0 Å². The van der Waals surface area contributed by atoms with Crippen LogP contribution < -0.4 is 5.73 Å². The molecule has 0 aliphatic heterocycles. The van der Waals surface area contributed by atoms with E-state index in [0.29, 0.717) is 23.0 Å². The quantitative estimate of drug-likeness (QED) is 0.618. The van der Waals surface area contributed by atoms with Crippen LogP contribution in [-0.2, 0) is 0 Å². The van der Waals surface area contributed by atoms with Crippen molar-refractivity contribution in [2.24, 2.45) is 0 Å². The van der Waals surface area contributed by atoms with Crippen LogP contribution in [0.4, 0.5) is 10.1 Å². The molecule has 16 heavy (non-hydrogen) atoms. The summed E-state index contributed by atoms with van der Waals surface area (Å²) in [4.78, 5) is 10.8. The molecule has 2 aromatic carbocycles. The number of nitrogen functional groups attached to an aromatic ring is 1. The first-order chi connectivity index (χ1) is 7.74. The Labute approximate surface area is 92.5 Å². The van der Waals surface area contributed by atoms with Crippen LogP contribution in [0.2, 0.25) is 0 Å². The molecule has 0 amide bonds. The topological polar surface area (TPSA) is 43.1 Å². The van der Waals surface area contributed by atoms with Gasteiger partial charge in [0, 0.05) is 11.1 Å². The van der Waals surface area contributed by atoms with Gasteiger partial charge in [-0.15, -0.1) is 0 Å². The largest absolute Gasteiger partial charge is 0.396 e. The van der Waals surface area contributed by atoms with E-state index in [2.05, 4.69) is 0 Å². The molecule has 3 heteroatoms. The van der Waals surface area contributed by atoms with E-state index in [-0.39, 0.29) is 5.69 Å². The summed E-state index contributed by atoms with van der Waals surface area (Å²) in [5.74, 6) is -0.489. The molecule has 2 N–H and O–H groups in total. The molecule has 0 saturated carbocycles. The van der Waals surface area contributed by atoms with E-state index in [9.17, 15) is 9.18 Å². The number of carbonyl (C=O) groups is 1. The highest BCUT2D eigenvalue weighted by atomic mass is 19.1. The first kappa shape index (κ1) is 10.4. The second-order valence-corrected chi connectivity index (χ2v) is 3.41. The Morgan fingerprint density at radius 3 is 2.44 bits per heavy atom. The Balaban J connectivity index is 2.67. The number of nitrogens with two attached hydrogens (primary N) is 1. The Hall–Kier alpha value is -2.16. The van der Waals surface area contributed by atoms with Crippen LogP contribution >= 0.6 is 0 Å². The summed E-state index contributed by atoms with van der Waals surface area (Å²) >= 11 is 0. The smallest absolute Gasteiger partial charge is 0.153 e. The number of hydrogen-bond acceptors (Lipinski definition) is 2. The molecule has 0 spiro atoms. The van der Waals surface area contributed by atoms with Gasteiger partial charge in [0.2, 0.25) is 0 Å². The minimum Gasteiger partial charge on any atom is -0.396 e. The summed E-state index contributed by atoms with van der Waals surface area (Å²) in [5, 5.41) is 0. The van der Waals surface area contributed by atoms with Crippen molar-refractivity contribution in [1.29, 1.82) is 0 Å². The summed E-state index contributed by atoms with van der Waals surface area (Å²) in [7, 11) is 0. The predicted octanol–water partition coefficient (Wildman–Crippen LogP) is 2.89. The van der Waals surface area contributed by atoms with Gasteiger partial charge in [-0.25, -0.2) is 4.39 Å². The van der Waals surface area contributed by atoms with Crippen LogP contribution in [0, 0.1) is 5.82 Å². The molecule has 0 saturated heterocycles. The highest BCUT2D eigenvalue weighted by molar-refractivity contribution is 5.88. The van der Waals surface area contributed by atoms with Crippen molar-refractivity contribution < 1.29 is 9.18 Å². The van der Waals surface area contributed by atoms with Crippen LogP contribution in [0.3, 0.4) is 0 Å². The third kappa shape index (κ3) is 1.67. The molecule has 0 bridgehead atoms. The van der Waals surface area contributed by atoms with Gasteiger partial charge in [-0.1, -0.05) is 36.4 Å². The molecule has 2 nitrogen and oxygen atoms in total. The second-order valence-electron chi connectivity index (χ2n) is 3.41.